The van der Waals surface area contributed by atoms with Crippen LogP contribution in [-0.2, 0) is 16.8 Å². The van der Waals surface area contributed by atoms with Crippen LogP contribution in [0.2, 0.25) is 10.0 Å². The number of halogens is 2. The fourth-order valence-electron chi connectivity index (χ4n) is 3.11. The fourth-order valence-corrected chi connectivity index (χ4v) is 3.61. The summed E-state index contributed by atoms with van der Waals surface area (Å²) in [6.45, 7) is 14.1. The van der Waals surface area contributed by atoms with Gasteiger partial charge in [-0.15, -0.1) is 10.2 Å². The number of hydrogen-bond donors (Lipinski definition) is 2. The summed E-state index contributed by atoms with van der Waals surface area (Å²) in [6.07, 6.45) is 9.88. The zero-order valence-corrected chi connectivity index (χ0v) is 23.5. The van der Waals surface area contributed by atoms with E-state index in [1.807, 2.05) is 58.1 Å². The highest BCUT2D eigenvalue weighted by Gasteiger charge is 2.31. The number of hydrogen-bond acceptors (Lipinski definition) is 5. The number of nitrogens with one attached hydrogen (secondary N) is 1. The summed E-state index contributed by atoms with van der Waals surface area (Å²) in [7, 11) is 0. The molecular formula is C27H40Cl2N4O2. The second-order valence-corrected chi connectivity index (χ2v) is 10.8. The van der Waals surface area contributed by atoms with Gasteiger partial charge in [0.05, 0.1) is 5.54 Å². The molecule has 2 aromatic rings. The van der Waals surface area contributed by atoms with Crippen molar-refractivity contribution in [2.24, 2.45) is 11.1 Å². The number of aryl methyl sites for hydroxylation is 1. The maximum Gasteiger partial charge on any atom is 0.238 e. The fraction of sp³-hybridized carbons (Fsp3) is 0.519. The molecule has 3 N–H and O–H groups in total. The highest BCUT2D eigenvalue weighted by Crippen LogP contribution is 2.31. The van der Waals surface area contributed by atoms with Crippen molar-refractivity contribution in [3.05, 3.63) is 69.9 Å². The minimum atomic E-state index is -0.778. The molecule has 0 aliphatic rings. The van der Waals surface area contributed by atoms with Crippen molar-refractivity contribution in [3.63, 3.8) is 0 Å². The number of allylic oxidation sites excluding steroid dienone is 3. The third kappa shape index (κ3) is 11.4. The molecule has 1 heterocycles. The maximum absolute atomic E-state index is 12.7. The van der Waals surface area contributed by atoms with Crippen molar-refractivity contribution >= 4 is 29.1 Å². The SMILES string of the molecule is C/C=C/C[C@@](C)(N)c1nnc(C(CC(C)(C)C)NC(=O)CCc2ccc(Cl)cc2Cl)o1.C/C=C\C. The summed E-state index contributed by atoms with van der Waals surface area (Å²) in [6, 6.07) is 4.87. The lowest BCUT2D eigenvalue weighted by Gasteiger charge is -2.25. The number of benzene rings is 1. The minimum Gasteiger partial charge on any atom is -0.421 e. The maximum atomic E-state index is 12.7. The van der Waals surface area contributed by atoms with Gasteiger partial charge in [-0.05, 0) is 70.1 Å². The summed E-state index contributed by atoms with van der Waals surface area (Å²) in [5.41, 5.74) is 6.37. The lowest BCUT2D eigenvalue weighted by Crippen LogP contribution is -2.33. The van der Waals surface area contributed by atoms with Crippen LogP contribution in [0, 0.1) is 5.41 Å². The molecule has 0 radical (unpaired) electrons. The van der Waals surface area contributed by atoms with E-state index in [4.69, 9.17) is 33.4 Å². The van der Waals surface area contributed by atoms with Gasteiger partial charge in [0, 0.05) is 16.5 Å². The van der Waals surface area contributed by atoms with Gasteiger partial charge in [-0.3, -0.25) is 4.79 Å². The van der Waals surface area contributed by atoms with Crippen LogP contribution in [-0.4, -0.2) is 16.1 Å². The first-order chi connectivity index (χ1) is 16.3. The minimum absolute atomic E-state index is 0.0664. The summed E-state index contributed by atoms with van der Waals surface area (Å²) in [5.74, 6) is 0.589. The van der Waals surface area contributed by atoms with Crippen molar-refractivity contribution in [1.82, 2.24) is 15.5 Å². The summed E-state index contributed by atoms with van der Waals surface area (Å²) in [5, 5.41) is 12.5. The van der Waals surface area contributed by atoms with Crippen molar-refractivity contribution in [2.75, 3.05) is 0 Å². The van der Waals surface area contributed by atoms with Crippen molar-refractivity contribution in [1.29, 1.82) is 0 Å². The molecule has 0 aliphatic heterocycles. The summed E-state index contributed by atoms with van der Waals surface area (Å²) in [4.78, 5) is 12.7. The molecule has 0 spiro atoms. The molecule has 1 unspecified atom stereocenters. The molecule has 1 amide bonds. The molecule has 1 aromatic carbocycles. The second-order valence-electron chi connectivity index (χ2n) is 9.92. The Hall–Kier alpha value is -2.15. The van der Waals surface area contributed by atoms with E-state index in [1.54, 1.807) is 12.1 Å². The van der Waals surface area contributed by atoms with Crippen molar-refractivity contribution < 1.29 is 9.21 Å². The molecule has 0 saturated carbocycles. The predicted molar refractivity (Wildman–Crippen MR) is 145 cm³/mol. The van der Waals surface area contributed by atoms with Crippen LogP contribution >= 0.6 is 23.2 Å². The summed E-state index contributed by atoms with van der Waals surface area (Å²) >= 11 is 12.2. The number of amides is 1. The number of nitrogens with two attached hydrogens (primary N) is 1. The predicted octanol–water partition coefficient (Wildman–Crippen LogP) is 7.33. The van der Waals surface area contributed by atoms with Crippen molar-refractivity contribution in [2.45, 2.75) is 85.7 Å². The normalized spacial score (nSPS) is 14.5. The molecule has 6 nitrogen and oxygen atoms in total. The van der Waals surface area contributed by atoms with Gasteiger partial charge in [-0.25, -0.2) is 0 Å². The highest BCUT2D eigenvalue weighted by atomic mass is 35.5. The first-order valence-corrected chi connectivity index (χ1v) is 12.6. The van der Waals surface area contributed by atoms with E-state index in [0.717, 1.165) is 5.56 Å². The van der Waals surface area contributed by atoms with Crippen LogP contribution in [0.1, 0.15) is 91.1 Å². The molecule has 0 saturated heterocycles. The van der Waals surface area contributed by atoms with Gasteiger partial charge in [-0.2, -0.15) is 0 Å². The smallest absolute Gasteiger partial charge is 0.238 e. The van der Waals surface area contributed by atoms with E-state index in [9.17, 15) is 4.79 Å². The molecule has 0 fully saturated rings. The van der Waals surface area contributed by atoms with E-state index in [2.05, 4.69) is 36.3 Å². The zero-order chi connectivity index (χ0) is 26.6. The van der Waals surface area contributed by atoms with E-state index >= 15 is 0 Å². The van der Waals surface area contributed by atoms with Crippen LogP contribution in [0.15, 0.2) is 46.9 Å². The Labute approximate surface area is 220 Å². The Morgan fingerprint density at radius 3 is 2.31 bits per heavy atom. The Bertz CT molecular complexity index is 987. The van der Waals surface area contributed by atoms with Gasteiger partial charge < -0.3 is 15.5 Å². The molecule has 0 aliphatic carbocycles. The third-order valence-corrected chi connectivity index (χ3v) is 5.71. The van der Waals surface area contributed by atoms with E-state index in [-0.39, 0.29) is 17.7 Å². The molecular weight excluding hydrogens is 483 g/mol. The van der Waals surface area contributed by atoms with Crippen LogP contribution < -0.4 is 11.1 Å². The van der Waals surface area contributed by atoms with Gasteiger partial charge in [0.25, 0.3) is 0 Å². The number of carbonyl (C=O) groups excluding carboxylic acids is 1. The van der Waals surface area contributed by atoms with Gasteiger partial charge in [-0.1, -0.05) is 74.3 Å². The molecule has 35 heavy (non-hydrogen) atoms. The average molecular weight is 524 g/mol. The Balaban J connectivity index is 0.00000142. The van der Waals surface area contributed by atoms with Crippen LogP contribution in [0.3, 0.4) is 0 Å². The topological polar surface area (TPSA) is 94.0 Å². The largest absolute Gasteiger partial charge is 0.421 e. The standard InChI is InChI=1S/C23H32Cl2N4O2.C4H8/c1-6-7-12-23(5,26)21-29-28-20(31-21)18(14-22(2,3)4)27-19(30)11-9-15-8-10-16(24)13-17(15)25;1-3-4-2/h6-8,10,13,18H,9,11-12,14,26H2,1-5H3,(H,27,30);3-4H,1-2H3/b7-6+;4-3-/t18?,23-;/m1./s1. The lowest BCUT2D eigenvalue weighted by atomic mass is 9.88. The first kappa shape index (κ1) is 30.9. The molecule has 1 aromatic heterocycles. The molecule has 2 rings (SSSR count). The van der Waals surface area contributed by atoms with Crippen LogP contribution in [0.25, 0.3) is 0 Å². The monoisotopic (exact) mass is 522 g/mol. The van der Waals surface area contributed by atoms with Crippen LogP contribution in [0.4, 0.5) is 0 Å². The van der Waals surface area contributed by atoms with Crippen LogP contribution in [0.5, 0.6) is 0 Å². The Morgan fingerprint density at radius 2 is 1.77 bits per heavy atom. The van der Waals surface area contributed by atoms with Gasteiger partial charge in [0.15, 0.2) is 0 Å². The average Bonchev–Trinajstić information content (AvgIpc) is 3.27. The lowest BCUT2D eigenvalue weighted by molar-refractivity contribution is -0.122. The third-order valence-electron chi connectivity index (χ3n) is 5.13. The highest BCUT2D eigenvalue weighted by molar-refractivity contribution is 6.35. The summed E-state index contributed by atoms with van der Waals surface area (Å²) < 4.78 is 5.92. The van der Waals surface area contributed by atoms with E-state index < -0.39 is 11.6 Å². The van der Waals surface area contributed by atoms with E-state index in [0.29, 0.717) is 41.1 Å². The molecule has 2 atom stereocenters. The zero-order valence-electron chi connectivity index (χ0n) is 22.0. The quantitative estimate of drug-likeness (QED) is 0.336. The second kappa shape index (κ2) is 14.4. The Kier molecular flexibility index (Phi) is 12.7. The number of aromatic nitrogens is 2. The number of carbonyl (C=O) groups is 1. The van der Waals surface area contributed by atoms with Gasteiger partial charge in [0.2, 0.25) is 17.7 Å². The molecule has 8 heteroatoms. The van der Waals surface area contributed by atoms with Gasteiger partial charge >= 0.3 is 0 Å². The molecule has 194 valence electrons. The first-order valence-electron chi connectivity index (χ1n) is 11.9. The number of nitrogens with zero attached hydrogens (tertiary/aromatic N) is 2. The van der Waals surface area contributed by atoms with Gasteiger partial charge in [0.1, 0.15) is 6.04 Å². The number of rotatable bonds is 9. The van der Waals surface area contributed by atoms with E-state index in [1.165, 1.54) is 0 Å². The van der Waals surface area contributed by atoms with Crippen molar-refractivity contribution in [3.8, 4) is 0 Å². The molecule has 0 bridgehead atoms. The Morgan fingerprint density at radius 1 is 1.11 bits per heavy atom.